The summed E-state index contributed by atoms with van der Waals surface area (Å²) in [5.41, 5.74) is 8.66. The minimum absolute atomic E-state index is 0.0616. The highest BCUT2D eigenvalue weighted by atomic mass is 28.3. The molecule has 0 bridgehead atoms. The van der Waals surface area contributed by atoms with Gasteiger partial charge < -0.3 is 13.6 Å². The van der Waals surface area contributed by atoms with Crippen molar-refractivity contribution in [2.24, 2.45) is 0 Å². The summed E-state index contributed by atoms with van der Waals surface area (Å²) in [6, 6.07) is 77.0. The number of aromatic nitrogens is 2. The van der Waals surface area contributed by atoms with Gasteiger partial charge in [-0.25, -0.2) is 0 Å². The van der Waals surface area contributed by atoms with Crippen LogP contribution in [-0.2, 0) is 0 Å². The number of hydrogen-bond acceptors (Lipinski definition) is 1. The number of hydrogen-bond donors (Lipinski definition) is 0. The largest absolute Gasteiger partial charge is 0.454 e. The second kappa shape index (κ2) is 14.5. The summed E-state index contributed by atoms with van der Waals surface area (Å²) in [5, 5.41) is 10.3. The summed E-state index contributed by atoms with van der Waals surface area (Å²) in [7, 11) is -2.93. The van der Waals surface area contributed by atoms with Crippen LogP contribution in [-0.4, -0.2) is 17.2 Å². The Hall–Kier alpha value is -8.18. The molecule has 0 amide bonds. The molecule has 0 spiro atoms. The molecular weight excluding hydrogens is 793 g/mol. The summed E-state index contributed by atoms with van der Waals surface area (Å²) >= 11 is 0. The van der Waals surface area contributed by atoms with E-state index in [1.165, 1.54) is 31.9 Å². The fourth-order valence-corrected chi connectivity index (χ4v) is 15.2. The SMILES string of the molecule is [2H]c1c([2H])c([2H])c2c(c1[2H])c1ccccc1n2-c1cc2c3ccccc3n(-c3ccc([Si](c4ccccc4)(c4ccccc4)c4cccc(-c5ccccc5)c4)cc3)c2c2c1oc1ccccc12. The number of rotatable bonds is 7. The lowest BCUT2D eigenvalue weighted by molar-refractivity contribution is 0.666. The van der Waals surface area contributed by atoms with Crippen LogP contribution in [0.1, 0.15) is 5.48 Å². The Balaban J connectivity index is 1.10. The van der Waals surface area contributed by atoms with E-state index in [2.05, 4.69) is 180 Å². The van der Waals surface area contributed by atoms with Crippen LogP contribution in [0.15, 0.2) is 247 Å². The molecule has 4 heteroatoms. The van der Waals surface area contributed by atoms with Crippen LogP contribution in [0.3, 0.4) is 0 Å². The molecule has 10 aromatic carbocycles. The molecule has 3 nitrogen and oxygen atoms in total. The van der Waals surface area contributed by atoms with Crippen molar-refractivity contribution in [3.8, 4) is 22.5 Å². The number of para-hydroxylation sites is 4. The van der Waals surface area contributed by atoms with E-state index >= 15 is 0 Å². The van der Waals surface area contributed by atoms with Crippen molar-refractivity contribution in [2.45, 2.75) is 0 Å². The van der Waals surface area contributed by atoms with Crippen molar-refractivity contribution in [3.63, 3.8) is 0 Å². The first-order valence-corrected chi connectivity index (χ1v) is 23.7. The maximum absolute atomic E-state index is 9.31. The van der Waals surface area contributed by atoms with Crippen molar-refractivity contribution >= 4 is 94.4 Å². The van der Waals surface area contributed by atoms with E-state index in [-0.39, 0.29) is 24.2 Å². The quantitative estimate of drug-likeness (QED) is 0.116. The van der Waals surface area contributed by atoms with Crippen molar-refractivity contribution in [1.29, 1.82) is 0 Å². The van der Waals surface area contributed by atoms with Gasteiger partial charge in [-0.15, -0.1) is 0 Å². The van der Waals surface area contributed by atoms with Gasteiger partial charge in [0.2, 0.25) is 0 Å². The minimum atomic E-state index is -2.93. The highest BCUT2D eigenvalue weighted by Gasteiger charge is 2.41. The average Bonchev–Trinajstić information content (AvgIpc) is 4.07. The van der Waals surface area contributed by atoms with E-state index in [0.29, 0.717) is 22.2 Å². The number of benzene rings is 10. The molecule has 0 aliphatic heterocycles. The molecule has 13 aromatic rings. The fourth-order valence-electron chi connectivity index (χ4n) is 10.5. The minimum Gasteiger partial charge on any atom is -0.454 e. The molecular formula is C60H40N2OSi. The second-order valence-electron chi connectivity index (χ2n) is 16.5. The van der Waals surface area contributed by atoms with Gasteiger partial charge in [-0.2, -0.15) is 0 Å². The average molecular weight is 837 g/mol. The van der Waals surface area contributed by atoms with Crippen molar-refractivity contribution in [3.05, 3.63) is 243 Å². The number of fused-ring (bicyclic) bond motifs is 10. The Bertz CT molecular complexity index is 4090. The maximum Gasteiger partial charge on any atom is 0.179 e. The summed E-state index contributed by atoms with van der Waals surface area (Å²) in [6.45, 7) is 0. The number of nitrogens with zero attached hydrogens (tertiary/aromatic N) is 2. The van der Waals surface area contributed by atoms with E-state index in [9.17, 15) is 1.37 Å². The molecule has 0 unspecified atom stereocenters. The van der Waals surface area contributed by atoms with Gasteiger partial charge in [0.05, 0.1) is 38.6 Å². The zero-order valence-corrected chi connectivity index (χ0v) is 35.6. The Morgan fingerprint density at radius 1 is 0.391 bits per heavy atom. The summed E-state index contributed by atoms with van der Waals surface area (Å²) in [4.78, 5) is 0. The van der Waals surface area contributed by atoms with Crippen LogP contribution in [0.4, 0.5) is 0 Å². The molecule has 13 rings (SSSR count). The van der Waals surface area contributed by atoms with E-state index < -0.39 is 8.07 Å². The zero-order valence-electron chi connectivity index (χ0n) is 38.6. The van der Waals surface area contributed by atoms with E-state index in [4.69, 9.17) is 8.53 Å². The summed E-state index contributed by atoms with van der Waals surface area (Å²) in [5.74, 6) is 0. The maximum atomic E-state index is 9.31. The highest BCUT2D eigenvalue weighted by Crippen LogP contribution is 2.45. The van der Waals surface area contributed by atoms with Crippen LogP contribution in [0.25, 0.3) is 88.1 Å². The van der Waals surface area contributed by atoms with E-state index in [1.54, 1.807) is 0 Å². The van der Waals surface area contributed by atoms with Gasteiger partial charge in [0.25, 0.3) is 0 Å². The van der Waals surface area contributed by atoms with Gasteiger partial charge in [-0.3, -0.25) is 0 Å². The Morgan fingerprint density at radius 2 is 0.938 bits per heavy atom. The van der Waals surface area contributed by atoms with Gasteiger partial charge in [0, 0.05) is 32.6 Å². The highest BCUT2D eigenvalue weighted by molar-refractivity contribution is 7.19. The zero-order chi connectivity index (χ0) is 45.7. The second-order valence-corrected chi connectivity index (χ2v) is 20.3. The smallest absolute Gasteiger partial charge is 0.179 e. The first-order chi connectivity index (χ1) is 33.4. The van der Waals surface area contributed by atoms with Gasteiger partial charge in [-0.05, 0) is 74.3 Å². The molecule has 0 radical (unpaired) electrons. The molecule has 3 heterocycles. The van der Waals surface area contributed by atoms with Gasteiger partial charge in [0.15, 0.2) is 13.7 Å². The summed E-state index contributed by atoms with van der Waals surface area (Å²) < 4.78 is 47.1. The third-order valence-electron chi connectivity index (χ3n) is 13.2. The molecule has 64 heavy (non-hydrogen) atoms. The Labute approximate surface area is 376 Å². The molecule has 300 valence electrons. The van der Waals surface area contributed by atoms with Crippen LogP contribution < -0.4 is 20.7 Å². The van der Waals surface area contributed by atoms with Crippen LogP contribution >= 0.6 is 0 Å². The third-order valence-corrected chi connectivity index (χ3v) is 18.0. The standard InChI is InChI=1S/C60H40N2OSi/c1-4-19-41(20-5-1)42-21-18-26-47(39-42)64(44-22-6-2-7-23-44,45-24-8-3-9-25-45)46-37-35-43(36-38-46)61-53-31-14-12-29-50(53)52-40-56(60-58(59(52)61)51-30-13-17-34-57(51)63-60)62-54-32-15-10-27-48(54)49-28-11-16-33-55(49)62/h1-40H/i10D,15D,27D,32D. The lowest BCUT2D eigenvalue weighted by Crippen LogP contribution is -2.74. The molecule has 0 atom stereocenters. The number of furan rings is 1. The van der Waals surface area contributed by atoms with Crippen LogP contribution in [0, 0.1) is 0 Å². The first-order valence-electron chi connectivity index (χ1n) is 23.7. The Kier molecular flexibility index (Phi) is 7.34. The lowest BCUT2D eigenvalue weighted by Gasteiger charge is -2.35. The normalized spacial score (nSPS) is 12.9. The first kappa shape index (κ1) is 32.5. The van der Waals surface area contributed by atoms with Crippen LogP contribution in [0.5, 0.6) is 0 Å². The van der Waals surface area contributed by atoms with Gasteiger partial charge in [-0.1, -0.05) is 200 Å². The summed E-state index contributed by atoms with van der Waals surface area (Å²) in [6.07, 6.45) is 0. The molecule has 3 aromatic heterocycles. The topological polar surface area (TPSA) is 23.0 Å². The molecule has 0 aliphatic rings. The van der Waals surface area contributed by atoms with E-state index in [1.807, 2.05) is 47.0 Å². The van der Waals surface area contributed by atoms with Gasteiger partial charge in [0.1, 0.15) is 5.58 Å². The van der Waals surface area contributed by atoms with Gasteiger partial charge >= 0.3 is 0 Å². The molecule has 0 fully saturated rings. The van der Waals surface area contributed by atoms with E-state index in [0.717, 1.165) is 54.8 Å². The fraction of sp³-hybridized carbons (Fsp3) is 0. The predicted octanol–water partition coefficient (Wildman–Crippen LogP) is 12.8. The predicted molar refractivity (Wildman–Crippen MR) is 271 cm³/mol. The molecule has 0 N–H and O–H groups in total. The van der Waals surface area contributed by atoms with Crippen LogP contribution in [0.2, 0.25) is 0 Å². The molecule has 0 aliphatic carbocycles. The Morgan fingerprint density at radius 3 is 1.66 bits per heavy atom. The van der Waals surface area contributed by atoms with Crippen molar-refractivity contribution in [1.82, 2.24) is 9.13 Å². The van der Waals surface area contributed by atoms with Crippen molar-refractivity contribution < 1.29 is 9.90 Å². The van der Waals surface area contributed by atoms with Crippen molar-refractivity contribution in [2.75, 3.05) is 0 Å². The lowest BCUT2D eigenvalue weighted by atomic mass is 10.1. The molecule has 0 saturated carbocycles. The monoisotopic (exact) mass is 836 g/mol. The third kappa shape index (κ3) is 5.33. The molecule has 0 saturated heterocycles.